The number of hydrogen-bond donors (Lipinski definition) is 2. The average Bonchev–Trinajstić information content (AvgIpc) is 3.18. The minimum atomic E-state index is -0.650. The molecule has 0 spiro atoms. The number of benzene rings is 2. The van der Waals surface area contributed by atoms with Crippen molar-refractivity contribution < 1.29 is 23.5 Å². The van der Waals surface area contributed by atoms with Crippen molar-refractivity contribution in [2.24, 2.45) is 0 Å². The number of nitrogens with one attached hydrogen (secondary N) is 2. The normalized spacial score (nSPS) is 15.8. The molecule has 0 bridgehead atoms. The lowest BCUT2D eigenvalue weighted by atomic mass is 10.2. The molecule has 0 radical (unpaired) electrons. The minimum Gasteiger partial charge on any atom is -0.494 e. The van der Waals surface area contributed by atoms with Crippen molar-refractivity contribution in [3.8, 4) is 11.5 Å². The number of anilines is 2. The highest BCUT2D eigenvalue weighted by Crippen LogP contribution is 2.35. The maximum Gasteiger partial charge on any atom is 0.322 e. The molecular formula is C20H22FN3O4. The van der Waals surface area contributed by atoms with Gasteiger partial charge in [-0.2, -0.15) is 0 Å². The first kappa shape index (κ1) is 19.5. The van der Waals surface area contributed by atoms with Crippen LogP contribution in [0.4, 0.5) is 20.6 Å². The van der Waals surface area contributed by atoms with Crippen molar-refractivity contribution in [1.29, 1.82) is 0 Å². The van der Waals surface area contributed by atoms with Crippen LogP contribution in [0.1, 0.15) is 12.8 Å². The van der Waals surface area contributed by atoms with Crippen molar-refractivity contribution in [3.05, 3.63) is 48.3 Å². The molecule has 1 heterocycles. The quantitative estimate of drug-likeness (QED) is 0.823. The number of amides is 3. The molecule has 0 saturated carbocycles. The number of carbonyl (C=O) groups excluding carboxylic acids is 2. The van der Waals surface area contributed by atoms with Crippen LogP contribution in [-0.4, -0.2) is 43.6 Å². The van der Waals surface area contributed by atoms with Crippen LogP contribution in [0, 0.1) is 5.82 Å². The van der Waals surface area contributed by atoms with Crippen molar-refractivity contribution >= 4 is 23.3 Å². The summed E-state index contributed by atoms with van der Waals surface area (Å²) in [6, 6.07) is 9.69. The Morgan fingerprint density at radius 2 is 1.75 bits per heavy atom. The van der Waals surface area contributed by atoms with Crippen LogP contribution in [0.2, 0.25) is 0 Å². The summed E-state index contributed by atoms with van der Waals surface area (Å²) in [5.74, 6) is 0.134. The van der Waals surface area contributed by atoms with Gasteiger partial charge in [-0.25, -0.2) is 9.18 Å². The third-order valence-corrected chi connectivity index (χ3v) is 4.57. The van der Waals surface area contributed by atoms with Crippen molar-refractivity contribution in [2.45, 2.75) is 18.9 Å². The van der Waals surface area contributed by atoms with Gasteiger partial charge >= 0.3 is 6.03 Å². The van der Waals surface area contributed by atoms with Gasteiger partial charge in [0.2, 0.25) is 5.91 Å². The fourth-order valence-electron chi connectivity index (χ4n) is 3.22. The number of carbonyl (C=O) groups is 2. The number of urea groups is 1. The molecule has 1 atom stereocenters. The zero-order chi connectivity index (χ0) is 20.1. The van der Waals surface area contributed by atoms with Crippen LogP contribution >= 0.6 is 0 Å². The molecule has 1 fully saturated rings. The molecule has 1 aliphatic heterocycles. The third-order valence-electron chi connectivity index (χ3n) is 4.57. The van der Waals surface area contributed by atoms with Gasteiger partial charge in [0.1, 0.15) is 29.0 Å². The minimum absolute atomic E-state index is 0.336. The van der Waals surface area contributed by atoms with Crippen molar-refractivity contribution in [3.63, 3.8) is 0 Å². The lowest BCUT2D eigenvalue weighted by molar-refractivity contribution is -0.119. The van der Waals surface area contributed by atoms with Gasteiger partial charge in [0.15, 0.2) is 0 Å². The number of ether oxygens (including phenoxy) is 2. The van der Waals surface area contributed by atoms with Crippen LogP contribution in [0.5, 0.6) is 11.5 Å². The van der Waals surface area contributed by atoms with Crippen LogP contribution in [0.15, 0.2) is 42.5 Å². The molecule has 148 valence electrons. The summed E-state index contributed by atoms with van der Waals surface area (Å²) >= 11 is 0. The maximum atomic E-state index is 13.3. The summed E-state index contributed by atoms with van der Waals surface area (Å²) in [4.78, 5) is 26.9. The van der Waals surface area contributed by atoms with Gasteiger partial charge in [0.05, 0.1) is 14.2 Å². The summed E-state index contributed by atoms with van der Waals surface area (Å²) in [6.07, 6.45) is 1.22. The SMILES string of the molecule is COc1cccc(OC)c1NC(=O)C1CCCN1C(=O)Nc1cccc(F)c1. The van der Waals surface area contributed by atoms with Crippen LogP contribution in [0.25, 0.3) is 0 Å². The van der Waals surface area contributed by atoms with E-state index >= 15 is 0 Å². The first-order valence-electron chi connectivity index (χ1n) is 8.88. The number of nitrogens with zero attached hydrogens (tertiary/aromatic N) is 1. The smallest absolute Gasteiger partial charge is 0.322 e. The molecule has 2 aromatic rings. The summed E-state index contributed by atoms with van der Waals surface area (Å²) in [5, 5.41) is 5.45. The topological polar surface area (TPSA) is 79.9 Å². The number of para-hydroxylation sites is 1. The van der Waals surface area contributed by atoms with Gasteiger partial charge in [0, 0.05) is 12.2 Å². The fraction of sp³-hybridized carbons (Fsp3) is 0.300. The molecule has 2 N–H and O–H groups in total. The van der Waals surface area contributed by atoms with Crippen LogP contribution in [-0.2, 0) is 4.79 Å². The van der Waals surface area contributed by atoms with E-state index in [2.05, 4.69) is 10.6 Å². The number of likely N-dealkylation sites (tertiary alicyclic amines) is 1. The maximum absolute atomic E-state index is 13.3. The van der Waals surface area contributed by atoms with Gasteiger partial charge in [-0.3, -0.25) is 4.79 Å². The standard InChI is InChI=1S/C20H22FN3O4/c1-27-16-9-4-10-17(28-2)18(16)23-19(25)15-8-5-11-24(15)20(26)22-14-7-3-6-13(21)12-14/h3-4,6-7,9-10,12,15H,5,8,11H2,1-2H3,(H,22,26)(H,23,25). The first-order chi connectivity index (χ1) is 13.5. The summed E-state index contributed by atoms with van der Waals surface area (Å²) in [5.41, 5.74) is 0.748. The summed E-state index contributed by atoms with van der Waals surface area (Å²) in [6.45, 7) is 0.433. The Bertz CT molecular complexity index is 852. The van der Waals surface area contributed by atoms with E-state index in [1.165, 1.54) is 37.3 Å². The molecule has 3 rings (SSSR count). The molecule has 1 saturated heterocycles. The van der Waals surface area contributed by atoms with Gasteiger partial charge in [-0.05, 0) is 43.2 Å². The summed E-state index contributed by atoms with van der Waals surface area (Å²) < 4.78 is 23.9. The van der Waals surface area contributed by atoms with E-state index in [0.717, 1.165) is 0 Å². The monoisotopic (exact) mass is 387 g/mol. The van der Waals surface area contributed by atoms with E-state index in [1.54, 1.807) is 24.3 Å². The van der Waals surface area contributed by atoms with E-state index in [1.807, 2.05) is 0 Å². The van der Waals surface area contributed by atoms with E-state index in [-0.39, 0.29) is 5.91 Å². The second kappa shape index (κ2) is 8.60. The van der Waals surface area contributed by atoms with E-state index < -0.39 is 17.9 Å². The second-order valence-electron chi connectivity index (χ2n) is 6.32. The molecule has 0 aromatic heterocycles. The Morgan fingerprint density at radius 3 is 2.39 bits per heavy atom. The zero-order valence-corrected chi connectivity index (χ0v) is 15.7. The molecule has 7 nitrogen and oxygen atoms in total. The lowest BCUT2D eigenvalue weighted by Crippen LogP contribution is -2.45. The predicted octanol–water partition coefficient (Wildman–Crippen LogP) is 3.48. The molecule has 2 aromatic carbocycles. The number of hydrogen-bond acceptors (Lipinski definition) is 4. The highest BCUT2D eigenvalue weighted by atomic mass is 19.1. The van der Waals surface area contributed by atoms with E-state index in [4.69, 9.17) is 9.47 Å². The van der Waals surface area contributed by atoms with Crippen molar-refractivity contribution in [1.82, 2.24) is 4.90 Å². The molecule has 28 heavy (non-hydrogen) atoms. The lowest BCUT2D eigenvalue weighted by Gasteiger charge is -2.25. The molecule has 8 heteroatoms. The highest BCUT2D eigenvalue weighted by molar-refractivity contribution is 6.01. The van der Waals surface area contributed by atoms with Crippen LogP contribution in [0.3, 0.4) is 0 Å². The molecule has 1 aliphatic rings. The van der Waals surface area contributed by atoms with Gasteiger partial charge < -0.3 is 25.0 Å². The number of halogens is 1. The van der Waals surface area contributed by atoms with Gasteiger partial charge in [-0.15, -0.1) is 0 Å². The molecule has 3 amide bonds. The largest absolute Gasteiger partial charge is 0.494 e. The first-order valence-corrected chi connectivity index (χ1v) is 8.88. The average molecular weight is 387 g/mol. The van der Waals surface area contributed by atoms with E-state index in [0.29, 0.717) is 42.3 Å². The Hall–Kier alpha value is -3.29. The molecule has 1 unspecified atom stereocenters. The third kappa shape index (κ3) is 4.16. The Morgan fingerprint density at radius 1 is 1.07 bits per heavy atom. The second-order valence-corrected chi connectivity index (χ2v) is 6.32. The predicted molar refractivity (Wildman–Crippen MR) is 103 cm³/mol. The Balaban J connectivity index is 1.74. The van der Waals surface area contributed by atoms with Crippen LogP contribution < -0.4 is 20.1 Å². The van der Waals surface area contributed by atoms with Gasteiger partial charge in [0.25, 0.3) is 0 Å². The number of rotatable bonds is 5. The Labute approximate surface area is 162 Å². The van der Waals surface area contributed by atoms with Gasteiger partial charge in [-0.1, -0.05) is 12.1 Å². The number of methoxy groups -OCH3 is 2. The fourth-order valence-corrected chi connectivity index (χ4v) is 3.22. The summed E-state index contributed by atoms with van der Waals surface area (Å²) in [7, 11) is 3.00. The highest BCUT2D eigenvalue weighted by Gasteiger charge is 2.35. The zero-order valence-electron chi connectivity index (χ0n) is 15.7. The molecule has 0 aliphatic carbocycles. The Kier molecular flexibility index (Phi) is 5.98. The van der Waals surface area contributed by atoms with E-state index in [9.17, 15) is 14.0 Å². The molecular weight excluding hydrogens is 365 g/mol. The van der Waals surface area contributed by atoms with Crippen molar-refractivity contribution in [2.75, 3.05) is 31.4 Å².